The lowest BCUT2D eigenvalue weighted by molar-refractivity contribution is 0.318. The molecule has 0 aliphatic heterocycles. The van der Waals surface area contributed by atoms with Gasteiger partial charge in [-0.05, 0) is 31.9 Å². The highest BCUT2D eigenvalue weighted by Gasteiger charge is 2.14. The molecule has 0 radical (unpaired) electrons. The maximum absolute atomic E-state index is 12.8. The van der Waals surface area contributed by atoms with Gasteiger partial charge < -0.3 is 9.15 Å². The van der Waals surface area contributed by atoms with Crippen LogP contribution < -0.4 is 10.2 Å². The van der Waals surface area contributed by atoms with Crippen LogP contribution in [-0.4, -0.2) is 17.5 Å². The number of hydrogen-bond donors (Lipinski definition) is 0. The average molecular weight is 350 g/mol. The van der Waals surface area contributed by atoms with Crippen LogP contribution in [0, 0.1) is 13.8 Å². The predicted octanol–water partition coefficient (Wildman–Crippen LogP) is 4.54. The Bertz CT molecular complexity index is 900. The lowest BCUT2D eigenvalue weighted by Crippen LogP contribution is -2.07. The molecule has 0 unspecified atom stereocenters. The quantitative estimate of drug-likeness (QED) is 0.501. The van der Waals surface area contributed by atoms with Crippen LogP contribution in [0.4, 0.5) is 0 Å². The molecule has 3 aromatic rings. The Morgan fingerprint density at radius 1 is 1.35 bits per heavy atom. The monoisotopic (exact) mass is 349 g/mol. The number of ether oxygens (including phenoxy) is 1. The molecule has 3 rings (SSSR count). The molecule has 2 heterocycles. The molecule has 0 aliphatic carbocycles. The number of benzene rings is 1. The molecule has 2 aromatic heterocycles. The minimum absolute atomic E-state index is 0.0682. The van der Waals surface area contributed by atoms with Crippen molar-refractivity contribution in [1.29, 1.82) is 0 Å². The van der Waals surface area contributed by atoms with Crippen molar-refractivity contribution in [3.05, 3.63) is 44.6 Å². The number of hydrogen-bond acceptors (Lipinski definition) is 5. The van der Waals surface area contributed by atoms with Crippen LogP contribution in [-0.2, 0) is 0 Å². The second-order valence-electron chi connectivity index (χ2n) is 5.23. The molecule has 0 N–H and O–H groups in total. The molecule has 0 saturated heterocycles. The lowest BCUT2D eigenvalue weighted by Gasteiger charge is -2.08. The first kappa shape index (κ1) is 16.0. The van der Waals surface area contributed by atoms with Crippen molar-refractivity contribution in [1.82, 2.24) is 4.98 Å². The van der Waals surface area contributed by atoms with Crippen molar-refractivity contribution >= 4 is 33.9 Å². The van der Waals surface area contributed by atoms with Gasteiger partial charge in [-0.2, -0.15) is 0 Å². The van der Waals surface area contributed by atoms with Gasteiger partial charge in [0.1, 0.15) is 17.6 Å². The Balaban J connectivity index is 2.06. The SMILES string of the molecule is Cc1nc(-c2coc3cc(OCCCCl)cc(C)c3c2=O)cs1. The van der Waals surface area contributed by atoms with E-state index in [-0.39, 0.29) is 5.43 Å². The molecule has 0 amide bonds. The first-order chi connectivity index (χ1) is 11.1. The molecule has 0 fully saturated rings. The molecule has 23 heavy (non-hydrogen) atoms. The van der Waals surface area contributed by atoms with Gasteiger partial charge in [-0.15, -0.1) is 22.9 Å². The molecular formula is C17H16ClNO3S. The highest BCUT2D eigenvalue weighted by Crippen LogP contribution is 2.26. The Kier molecular flexibility index (Phi) is 4.68. The average Bonchev–Trinajstić information content (AvgIpc) is 2.94. The van der Waals surface area contributed by atoms with E-state index >= 15 is 0 Å². The highest BCUT2D eigenvalue weighted by molar-refractivity contribution is 7.09. The molecule has 4 nitrogen and oxygen atoms in total. The summed E-state index contributed by atoms with van der Waals surface area (Å²) in [5.41, 5.74) is 2.42. The summed E-state index contributed by atoms with van der Waals surface area (Å²) in [6.07, 6.45) is 2.24. The molecule has 0 bridgehead atoms. The van der Waals surface area contributed by atoms with Crippen molar-refractivity contribution < 1.29 is 9.15 Å². The first-order valence-corrected chi connectivity index (χ1v) is 8.69. The van der Waals surface area contributed by atoms with Gasteiger partial charge in [0.05, 0.1) is 28.3 Å². The topological polar surface area (TPSA) is 52.3 Å². The van der Waals surface area contributed by atoms with Crippen molar-refractivity contribution in [3.63, 3.8) is 0 Å². The molecule has 120 valence electrons. The summed E-state index contributed by atoms with van der Waals surface area (Å²) < 4.78 is 11.3. The van der Waals surface area contributed by atoms with Gasteiger partial charge >= 0.3 is 0 Å². The zero-order chi connectivity index (χ0) is 16.4. The molecule has 0 saturated carbocycles. The normalized spacial score (nSPS) is 11.1. The number of thiazole rings is 1. The Morgan fingerprint density at radius 2 is 2.17 bits per heavy atom. The van der Waals surface area contributed by atoms with Gasteiger partial charge in [0.25, 0.3) is 0 Å². The van der Waals surface area contributed by atoms with E-state index in [1.165, 1.54) is 17.6 Å². The van der Waals surface area contributed by atoms with Gasteiger partial charge in [0.15, 0.2) is 0 Å². The number of halogens is 1. The fraction of sp³-hybridized carbons (Fsp3) is 0.294. The van der Waals surface area contributed by atoms with Crippen LogP contribution in [0.25, 0.3) is 22.2 Å². The Morgan fingerprint density at radius 3 is 2.87 bits per heavy atom. The fourth-order valence-electron chi connectivity index (χ4n) is 2.41. The molecular weight excluding hydrogens is 334 g/mol. The number of nitrogens with zero attached hydrogens (tertiary/aromatic N) is 1. The van der Waals surface area contributed by atoms with Crippen LogP contribution in [0.5, 0.6) is 5.75 Å². The van der Waals surface area contributed by atoms with Crippen LogP contribution in [0.15, 0.2) is 33.0 Å². The van der Waals surface area contributed by atoms with Crippen LogP contribution in [0.1, 0.15) is 17.0 Å². The second kappa shape index (κ2) is 6.72. The van der Waals surface area contributed by atoms with Crippen LogP contribution in [0.3, 0.4) is 0 Å². The summed E-state index contributed by atoms with van der Waals surface area (Å²) in [6, 6.07) is 3.59. The van der Waals surface area contributed by atoms with Crippen molar-refractivity contribution in [2.45, 2.75) is 20.3 Å². The third-order valence-corrected chi connectivity index (χ3v) is 4.53. The van der Waals surface area contributed by atoms with E-state index in [0.29, 0.717) is 40.5 Å². The summed E-state index contributed by atoms with van der Waals surface area (Å²) >= 11 is 7.16. The minimum Gasteiger partial charge on any atom is -0.493 e. The smallest absolute Gasteiger partial charge is 0.202 e. The maximum Gasteiger partial charge on any atom is 0.202 e. The van der Waals surface area contributed by atoms with Crippen molar-refractivity contribution in [2.24, 2.45) is 0 Å². The number of fused-ring (bicyclic) bond motifs is 1. The summed E-state index contributed by atoms with van der Waals surface area (Å²) in [6.45, 7) is 4.32. The van der Waals surface area contributed by atoms with Gasteiger partial charge in [-0.25, -0.2) is 4.98 Å². The lowest BCUT2D eigenvalue weighted by atomic mass is 10.1. The van der Waals surface area contributed by atoms with Gasteiger partial charge in [-0.1, -0.05) is 0 Å². The van der Waals surface area contributed by atoms with E-state index < -0.39 is 0 Å². The number of aryl methyl sites for hydroxylation is 2. The van der Waals surface area contributed by atoms with Gasteiger partial charge in [0, 0.05) is 17.3 Å². The summed E-state index contributed by atoms with van der Waals surface area (Å²) in [7, 11) is 0. The van der Waals surface area contributed by atoms with E-state index in [4.69, 9.17) is 20.8 Å². The van der Waals surface area contributed by atoms with Gasteiger partial charge in [-0.3, -0.25) is 4.79 Å². The number of aromatic nitrogens is 1. The van der Waals surface area contributed by atoms with E-state index in [2.05, 4.69) is 4.98 Å². The molecule has 6 heteroatoms. The summed E-state index contributed by atoms with van der Waals surface area (Å²) in [4.78, 5) is 17.1. The largest absolute Gasteiger partial charge is 0.493 e. The second-order valence-corrected chi connectivity index (χ2v) is 6.67. The highest BCUT2D eigenvalue weighted by atomic mass is 35.5. The molecule has 0 atom stereocenters. The molecule has 1 aromatic carbocycles. The minimum atomic E-state index is -0.0682. The van der Waals surface area contributed by atoms with E-state index in [9.17, 15) is 4.79 Å². The van der Waals surface area contributed by atoms with E-state index in [1.807, 2.05) is 25.3 Å². The zero-order valence-electron chi connectivity index (χ0n) is 12.9. The maximum atomic E-state index is 12.8. The van der Waals surface area contributed by atoms with Crippen LogP contribution in [0.2, 0.25) is 0 Å². The van der Waals surface area contributed by atoms with E-state index in [1.54, 1.807) is 6.07 Å². The van der Waals surface area contributed by atoms with Crippen LogP contribution >= 0.6 is 22.9 Å². The number of rotatable bonds is 5. The van der Waals surface area contributed by atoms with Crippen molar-refractivity contribution in [2.75, 3.05) is 12.5 Å². The van der Waals surface area contributed by atoms with Crippen molar-refractivity contribution in [3.8, 4) is 17.0 Å². The third-order valence-electron chi connectivity index (χ3n) is 3.49. The zero-order valence-corrected chi connectivity index (χ0v) is 14.5. The number of alkyl halides is 1. The predicted molar refractivity (Wildman–Crippen MR) is 93.9 cm³/mol. The van der Waals surface area contributed by atoms with E-state index in [0.717, 1.165) is 17.0 Å². The molecule has 0 aliphatic rings. The third kappa shape index (κ3) is 3.26. The standard InChI is InChI=1S/C17H16ClNO3S/c1-10-6-12(21-5-3-4-18)7-15-16(10)17(20)13(8-22-15)14-9-23-11(2)19-14/h6-9H,3-5H2,1-2H3. The fourth-order valence-corrected chi connectivity index (χ4v) is 3.13. The van der Waals surface area contributed by atoms with Gasteiger partial charge in [0.2, 0.25) is 5.43 Å². The summed E-state index contributed by atoms with van der Waals surface area (Å²) in [5.74, 6) is 1.23. The molecule has 0 spiro atoms. The Labute approximate surface area is 142 Å². The Hall–Kier alpha value is -1.85. The summed E-state index contributed by atoms with van der Waals surface area (Å²) in [5, 5.41) is 3.35. The first-order valence-electron chi connectivity index (χ1n) is 7.27.